The van der Waals surface area contributed by atoms with Gasteiger partial charge in [-0.2, -0.15) is 0 Å². The smallest absolute Gasteiger partial charge is 0.0893 e. The number of rotatable bonds is 4. The first-order chi connectivity index (χ1) is 7.12. The summed E-state index contributed by atoms with van der Waals surface area (Å²) in [5, 5.41) is 10.5. The van der Waals surface area contributed by atoms with Gasteiger partial charge in [-0.25, -0.2) is 0 Å². The van der Waals surface area contributed by atoms with Crippen LogP contribution in [0.3, 0.4) is 0 Å². The van der Waals surface area contributed by atoms with E-state index >= 15 is 0 Å². The molecule has 0 saturated carbocycles. The fourth-order valence-corrected chi connectivity index (χ4v) is 2.78. The summed E-state index contributed by atoms with van der Waals surface area (Å²) < 4.78 is 0. The third-order valence-corrected chi connectivity index (χ3v) is 3.75. The molecule has 0 amide bonds. The van der Waals surface area contributed by atoms with E-state index in [9.17, 15) is 5.11 Å². The highest BCUT2D eigenvalue weighted by Crippen LogP contribution is 2.39. The van der Waals surface area contributed by atoms with Gasteiger partial charge in [0.1, 0.15) is 0 Å². The van der Waals surface area contributed by atoms with Crippen LogP contribution in [-0.2, 0) is 0 Å². The molecule has 0 aliphatic heterocycles. The lowest BCUT2D eigenvalue weighted by molar-refractivity contribution is 0.0341. The zero-order chi connectivity index (χ0) is 11.5. The van der Waals surface area contributed by atoms with E-state index in [1.807, 2.05) is 6.08 Å². The van der Waals surface area contributed by atoms with Crippen molar-refractivity contribution in [1.29, 1.82) is 0 Å². The van der Waals surface area contributed by atoms with Crippen LogP contribution in [0.2, 0.25) is 0 Å². The van der Waals surface area contributed by atoms with Gasteiger partial charge < -0.3 is 5.11 Å². The predicted molar refractivity (Wildman–Crippen MR) is 65.8 cm³/mol. The summed E-state index contributed by atoms with van der Waals surface area (Å²) in [4.78, 5) is 0. The first-order valence-corrected chi connectivity index (χ1v) is 6.26. The van der Waals surface area contributed by atoms with E-state index in [4.69, 9.17) is 0 Å². The van der Waals surface area contributed by atoms with Crippen LogP contribution in [-0.4, -0.2) is 10.7 Å². The Morgan fingerprint density at radius 3 is 2.27 bits per heavy atom. The minimum Gasteiger partial charge on any atom is -0.385 e. The Labute approximate surface area is 93.9 Å². The van der Waals surface area contributed by atoms with Gasteiger partial charge in [0.25, 0.3) is 0 Å². The van der Waals surface area contributed by atoms with Gasteiger partial charge in [0.05, 0.1) is 5.60 Å². The van der Waals surface area contributed by atoms with Crippen molar-refractivity contribution in [2.75, 3.05) is 0 Å². The largest absolute Gasteiger partial charge is 0.385 e. The van der Waals surface area contributed by atoms with Crippen molar-refractivity contribution in [2.45, 2.75) is 59.0 Å². The summed E-state index contributed by atoms with van der Waals surface area (Å²) in [6.45, 7) is 8.63. The van der Waals surface area contributed by atoms with E-state index in [-0.39, 0.29) is 0 Å². The van der Waals surface area contributed by atoms with Crippen molar-refractivity contribution in [3.63, 3.8) is 0 Å². The molecule has 2 atom stereocenters. The summed E-state index contributed by atoms with van der Waals surface area (Å²) in [6, 6.07) is 0. The maximum absolute atomic E-state index is 10.5. The van der Waals surface area contributed by atoms with E-state index in [1.165, 1.54) is 11.1 Å². The Balaban J connectivity index is 3.11. The van der Waals surface area contributed by atoms with Crippen LogP contribution in [0.15, 0.2) is 23.3 Å². The standard InChI is InChI=1S/C14H24O/c1-5-11-9-10-14(15,8-4)13(7-3)12(11)6-2/h9-10,13,15H,5-8H2,1-4H3. The maximum Gasteiger partial charge on any atom is 0.0893 e. The average molecular weight is 208 g/mol. The van der Waals surface area contributed by atoms with Gasteiger partial charge in [-0.3, -0.25) is 0 Å². The van der Waals surface area contributed by atoms with E-state index in [2.05, 4.69) is 33.8 Å². The Morgan fingerprint density at radius 1 is 1.20 bits per heavy atom. The molecule has 1 heteroatoms. The van der Waals surface area contributed by atoms with Gasteiger partial charge in [0.15, 0.2) is 0 Å². The lowest BCUT2D eigenvalue weighted by Crippen LogP contribution is -2.38. The molecule has 1 aliphatic rings. The van der Waals surface area contributed by atoms with Crippen molar-refractivity contribution in [3.8, 4) is 0 Å². The molecule has 2 unspecified atom stereocenters. The highest BCUT2D eigenvalue weighted by atomic mass is 16.3. The quantitative estimate of drug-likeness (QED) is 0.744. The molecule has 0 bridgehead atoms. The van der Waals surface area contributed by atoms with Gasteiger partial charge in [-0.1, -0.05) is 45.4 Å². The van der Waals surface area contributed by atoms with E-state index in [1.54, 1.807) is 0 Å². The van der Waals surface area contributed by atoms with Crippen LogP contribution in [0.5, 0.6) is 0 Å². The molecule has 0 fully saturated rings. The number of hydrogen-bond acceptors (Lipinski definition) is 1. The van der Waals surface area contributed by atoms with Crippen molar-refractivity contribution in [1.82, 2.24) is 0 Å². The van der Waals surface area contributed by atoms with Gasteiger partial charge in [-0.05, 0) is 31.3 Å². The number of hydrogen-bond donors (Lipinski definition) is 1. The Morgan fingerprint density at radius 2 is 1.87 bits per heavy atom. The number of allylic oxidation sites excluding steroid dienone is 2. The zero-order valence-electron chi connectivity index (χ0n) is 10.5. The molecule has 0 aromatic rings. The highest BCUT2D eigenvalue weighted by Gasteiger charge is 2.36. The second-order valence-corrected chi connectivity index (χ2v) is 4.40. The molecule has 86 valence electrons. The molecule has 1 rings (SSSR count). The van der Waals surface area contributed by atoms with Crippen LogP contribution in [0.1, 0.15) is 53.4 Å². The summed E-state index contributed by atoms with van der Waals surface area (Å²) in [6.07, 6.45) is 8.13. The molecule has 1 nitrogen and oxygen atoms in total. The van der Waals surface area contributed by atoms with E-state index < -0.39 is 5.60 Å². The monoisotopic (exact) mass is 208 g/mol. The molecule has 0 heterocycles. The van der Waals surface area contributed by atoms with Gasteiger partial charge in [-0.15, -0.1) is 0 Å². The molecular weight excluding hydrogens is 184 g/mol. The van der Waals surface area contributed by atoms with Crippen LogP contribution < -0.4 is 0 Å². The third-order valence-electron chi connectivity index (χ3n) is 3.75. The summed E-state index contributed by atoms with van der Waals surface area (Å²) in [7, 11) is 0. The first-order valence-electron chi connectivity index (χ1n) is 6.26. The molecule has 0 spiro atoms. The highest BCUT2D eigenvalue weighted by molar-refractivity contribution is 5.36. The molecule has 0 aromatic heterocycles. The summed E-state index contributed by atoms with van der Waals surface area (Å²) in [5.74, 6) is 0.326. The normalized spacial score (nSPS) is 31.1. The molecular formula is C14H24O. The third kappa shape index (κ3) is 2.17. The van der Waals surface area contributed by atoms with Gasteiger partial charge in [0.2, 0.25) is 0 Å². The predicted octanol–water partition coefficient (Wildman–Crippen LogP) is 3.84. The van der Waals surface area contributed by atoms with Crippen LogP contribution in [0.4, 0.5) is 0 Å². The lowest BCUT2D eigenvalue weighted by Gasteiger charge is -2.38. The molecule has 0 radical (unpaired) electrons. The minimum atomic E-state index is -0.598. The van der Waals surface area contributed by atoms with Crippen LogP contribution in [0.25, 0.3) is 0 Å². The molecule has 0 saturated heterocycles. The second kappa shape index (κ2) is 4.98. The van der Waals surface area contributed by atoms with Crippen molar-refractivity contribution in [2.24, 2.45) is 5.92 Å². The molecule has 1 aliphatic carbocycles. The summed E-state index contributed by atoms with van der Waals surface area (Å²) in [5.41, 5.74) is 2.30. The Kier molecular flexibility index (Phi) is 4.15. The van der Waals surface area contributed by atoms with Crippen molar-refractivity contribution in [3.05, 3.63) is 23.3 Å². The van der Waals surface area contributed by atoms with Crippen molar-refractivity contribution >= 4 is 0 Å². The van der Waals surface area contributed by atoms with E-state index in [0.717, 1.165) is 25.7 Å². The van der Waals surface area contributed by atoms with Crippen LogP contribution >= 0.6 is 0 Å². The second-order valence-electron chi connectivity index (χ2n) is 4.40. The zero-order valence-corrected chi connectivity index (χ0v) is 10.5. The fourth-order valence-electron chi connectivity index (χ4n) is 2.78. The fraction of sp³-hybridized carbons (Fsp3) is 0.714. The Hall–Kier alpha value is -0.560. The number of aliphatic hydroxyl groups is 1. The average Bonchev–Trinajstić information content (AvgIpc) is 2.28. The topological polar surface area (TPSA) is 20.2 Å². The minimum absolute atomic E-state index is 0.326. The lowest BCUT2D eigenvalue weighted by atomic mass is 9.72. The first kappa shape index (κ1) is 12.5. The molecule has 0 aromatic carbocycles. The SMILES string of the molecule is CCC1=C(CC)C(CC)C(O)(CC)C=C1. The van der Waals surface area contributed by atoms with Gasteiger partial charge in [0, 0.05) is 5.92 Å². The summed E-state index contributed by atoms with van der Waals surface area (Å²) >= 11 is 0. The molecule has 15 heavy (non-hydrogen) atoms. The van der Waals surface area contributed by atoms with Gasteiger partial charge >= 0.3 is 0 Å². The maximum atomic E-state index is 10.5. The van der Waals surface area contributed by atoms with Crippen molar-refractivity contribution < 1.29 is 5.11 Å². The van der Waals surface area contributed by atoms with E-state index in [0.29, 0.717) is 5.92 Å². The molecule has 1 N–H and O–H groups in total. The Bertz CT molecular complexity index is 275. The van der Waals surface area contributed by atoms with Crippen LogP contribution in [0, 0.1) is 5.92 Å².